The lowest BCUT2D eigenvalue weighted by atomic mass is 10.00. The Kier molecular flexibility index (Phi) is 6.73. The van der Waals surface area contributed by atoms with E-state index in [0.717, 1.165) is 48.7 Å². The number of fused-ring (bicyclic) bond motifs is 1. The van der Waals surface area contributed by atoms with Crippen molar-refractivity contribution < 1.29 is 9.59 Å². The van der Waals surface area contributed by atoms with Crippen LogP contribution in [0.5, 0.6) is 0 Å². The Bertz CT molecular complexity index is 1230. The Morgan fingerprint density at radius 3 is 2.37 bits per heavy atom. The van der Waals surface area contributed by atoms with Crippen LogP contribution in [-0.4, -0.2) is 42.2 Å². The zero-order chi connectivity index (χ0) is 24.2. The molecule has 5 rings (SSSR count). The van der Waals surface area contributed by atoms with E-state index in [4.69, 9.17) is 4.99 Å². The van der Waals surface area contributed by atoms with E-state index in [2.05, 4.69) is 17.1 Å². The molecule has 35 heavy (non-hydrogen) atoms. The molecule has 1 saturated heterocycles. The van der Waals surface area contributed by atoms with Crippen molar-refractivity contribution >= 4 is 28.9 Å². The van der Waals surface area contributed by atoms with Gasteiger partial charge in [0.25, 0.3) is 11.8 Å². The molecule has 3 aromatic carbocycles. The molecule has 0 saturated carbocycles. The Morgan fingerprint density at radius 2 is 1.63 bits per heavy atom. The molecule has 0 aliphatic carbocycles. The highest BCUT2D eigenvalue weighted by atomic mass is 16.2. The number of hydrogen-bond donors (Lipinski definition) is 1. The molecule has 2 amide bonds. The minimum Gasteiger partial charge on any atom is -0.348 e. The van der Waals surface area contributed by atoms with E-state index in [1.165, 1.54) is 0 Å². The molecule has 0 aromatic heterocycles. The molecule has 0 bridgehead atoms. The topological polar surface area (TPSA) is 65.0 Å². The van der Waals surface area contributed by atoms with E-state index in [9.17, 15) is 9.59 Å². The van der Waals surface area contributed by atoms with E-state index in [-0.39, 0.29) is 11.8 Å². The lowest BCUT2D eigenvalue weighted by Gasteiger charge is -2.33. The van der Waals surface area contributed by atoms with Gasteiger partial charge in [0.1, 0.15) is 5.71 Å². The number of anilines is 1. The zero-order valence-corrected chi connectivity index (χ0v) is 20.0. The summed E-state index contributed by atoms with van der Waals surface area (Å²) >= 11 is 0. The summed E-state index contributed by atoms with van der Waals surface area (Å²) in [4.78, 5) is 34.8. The fraction of sp³-hybridized carbons (Fsp3) is 0.276. The highest BCUT2D eigenvalue weighted by Crippen LogP contribution is 2.31. The van der Waals surface area contributed by atoms with Gasteiger partial charge in [-0.1, -0.05) is 55.5 Å². The Labute approximate surface area is 206 Å². The van der Waals surface area contributed by atoms with Crippen LogP contribution in [-0.2, 0) is 11.3 Å². The number of nitrogens with one attached hydrogen (secondary N) is 1. The molecule has 3 aromatic rings. The first-order chi connectivity index (χ1) is 17.1. The molecule has 2 aliphatic heterocycles. The minimum atomic E-state index is -0.141. The van der Waals surface area contributed by atoms with Gasteiger partial charge in [-0.25, -0.2) is 4.99 Å². The molecule has 1 fully saturated rings. The maximum atomic E-state index is 13.4. The molecule has 6 heteroatoms. The molecule has 2 aliphatic rings. The van der Waals surface area contributed by atoms with Gasteiger partial charge in [-0.2, -0.15) is 0 Å². The second kappa shape index (κ2) is 10.2. The van der Waals surface area contributed by atoms with Crippen molar-refractivity contribution in [1.82, 2.24) is 10.2 Å². The summed E-state index contributed by atoms with van der Waals surface area (Å²) < 4.78 is 0. The number of rotatable bonds is 6. The van der Waals surface area contributed by atoms with Gasteiger partial charge in [0.2, 0.25) is 0 Å². The highest BCUT2D eigenvalue weighted by Gasteiger charge is 2.35. The third-order valence-corrected chi connectivity index (χ3v) is 6.78. The number of likely N-dealkylation sites (tertiary alicyclic amines) is 1. The zero-order valence-electron chi connectivity index (χ0n) is 20.0. The Morgan fingerprint density at radius 1 is 0.943 bits per heavy atom. The molecule has 0 radical (unpaired) electrons. The van der Waals surface area contributed by atoms with Crippen LogP contribution in [0.2, 0.25) is 0 Å². The van der Waals surface area contributed by atoms with E-state index >= 15 is 0 Å². The van der Waals surface area contributed by atoms with E-state index in [0.29, 0.717) is 30.2 Å². The number of para-hydroxylation sites is 1. The molecule has 1 N–H and O–H groups in total. The van der Waals surface area contributed by atoms with Crippen molar-refractivity contribution in [1.29, 1.82) is 0 Å². The fourth-order valence-electron chi connectivity index (χ4n) is 4.61. The summed E-state index contributed by atoms with van der Waals surface area (Å²) in [6.45, 7) is 5.36. The third kappa shape index (κ3) is 5.17. The van der Waals surface area contributed by atoms with Crippen LogP contribution in [0.15, 0.2) is 83.9 Å². The van der Waals surface area contributed by atoms with Gasteiger partial charge < -0.3 is 5.32 Å². The van der Waals surface area contributed by atoms with Crippen LogP contribution in [0.25, 0.3) is 0 Å². The minimum absolute atomic E-state index is 0.0745. The van der Waals surface area contributed by atoms with Crippen molar-refractivity contribution in [3.8, 4) is 0 Å². The molecular formula is C29H30N4O2. The van der Waals surface area contributed by atoms with Crippen molar-refractivity contribution in [2.24, 2.45) is 10.9 Å². The Hall–Kier alpha value is -3.77. The smallest absolute Gasteiger partial charge is 0.278 e. The number of benzene rings is 3. The molecule has 0 spiro atoms. The van der Waals surface area contributed by atoms with Gasteiger partial charge in [0.05, 0.1) is 18.0 Å². The lowest BCUT2D eigenvalue weighted by Crippen LogP contribution is -2.44. The number of aliphatic imine (C=N–C) groups is 1. The van der Waals surface area contributed by atoms with Crippen LogP contribution >= 0.6 is 0 Å². The normalized spacial score (nSPS) is 17.6. The summed E-state index contributed by atoms with van der Waals surface area (Å²) in [7, 11) is 0. The van der Waals surface area contributed by atoms with Crippen molar-refractivity contribution in [2.45, 2.75) is 26.3 Å². The predicted molar refractivity (Wildman–Crippen MR) is 139 cm³/mol. The molecular weight excluding hydrogens is 436 g/mol. The second-order valence-electron chi connectivity index (χ2n) is 9.37. The van der Waals surface area contributed by atoms with Crippen molar-refractivity contribution in [3.05, 3.63) is 95.6 Å². The van der Waals surface area contributed by atoms with Gasteiger partial charge >= 0.3 is 0 Å². The maximum absolute atomic E-state index is 13.4. The number of amides is 2. The lowest BCUT2D eigenvalue weighted by molar-refractivity contribution is -0.112. The predicted octanol–water partition coefficient (Wildman–Crippen LogP) is 4.77. The van der Waals surface area contributed by atoms with Crippen LogP contribution < -0.4 is 10.2 Å². The van der Waals surface area contributed by atoms with E-state index < -0.39 is 0 Å². The fourth-order valence-corrected chi connectivity index (χ4v) is 4.61. The van der Waals surface area contributed by atoms with Crippen LogP contribution in [0.3, 0.4) is 0 Å². The van der Waals surface area contributed by atoms with Gasteiger partial charge in [-0.15, -0.1) is 0 Å². The molecule has 178 valence electrons. The standard InChI is InChI=1S/C29H30N4O2/c1-21-15-17-32(18-16-21)20-33-26-10-6-5-9-25(26)27(29(33)35)31-24-13-11-23(12-14-24)28(34)30-19-22-7-3-2-4-8-22/h2-14,21H,15-20H2,1H3,(H,30,34). The number of hydrogen-bond acceptors (Lipinski definition) is 4. The second-order valence-corrected chi connectivity index (χ2v) is 9.37. The van der Waals surface area contributed by atoms with Gasteiger partial charge in [0.15, 0.2) is 0 Å². The molecule has 0 atom stereocenters. The summed E-state index contributed by atoms with van der Waals surface area (Å²) in [6, 6.07) is 24.7. The summed E-state index contributed by atoms with van der Waals surface area (Å²) in [6.07, 6.45) is 2.33. The average molecular weight is 467 g/mol. The first-order valence-electron chi connectivity index (χ1n) is 12.2. The van der Waals surface area contributed by atoms with Gasteiger partial charge in [0, 0.05) is 30.8 Å². The molecule has 6 nitrogen and oxygen atoms in total. The number of nitrogens with zero attached hydrogens (tertiary/aromatic N) is 3. The monoisotopic (exact) mass is 466 g/mol. The number of carbonyl (C=O) groups is 2. The van der Waals surface area contributed by atoms with Gasteiger partial charge in [-0.3, -0.25) is 19.4 Å². The Balaban J connectivity index is 1.30. The first-order valence-corrected chi connectivity index (χ1v) is 12.2. The summed E-state index contributed by atoms with van der Waals surface area (Å²) in [5.41, 5.74) is 4.47. The molecule has 0 unspecified atom stereocenters. The number of piperidine rings is 1. The quantitative estimate of drug-likeness (QED) is 0.569. The largest absolute Gasteiger partial charge is 0.348 e. The SMILES string of the molecule is CC1CCN(CN2C(=O)C(=Nc3ccc(C(=O)NCc4ccccc4)cc3)c3ccccc32)CC1. The van der Waals surface area contributed by atoms with E-state index in [1.54, 1.807) is 24.3 Å². The molecule has 2 heterocycles. The van der Waals surface area contributed by atoms with Crippen LogP contribution in [0, 0.1) is 5.92 Å². The van der Waals surface area contributed by atoms with Crippen LogP contribution in [0.4, 0.5) is 11.4 Å². The van der Waals surface area contributed by atoms with Crippen molar-refractivity contribution in [2.75, 3.05) is 24.7 Å². The maximum Gasteiger partial charge on any atom is 0.278 e. The van der Waals surface area contributed by atoms with E-state index in [1.807, 2.05) is 59.5 Å². The van der Waals surface area contributed by atoms with Gasteiger partial charge in [-0.05, 0) is 54.7 Å². The highest BCUT2D eigenvalue weighted by molar-refractivity contribution is 6.54. The summed E-state index contributed by atoms with van der Waals surface area (Å²) in [5, 5.41) is 2.93. The summed E-state index contributed by atoms with van der Waals surface area (Å²) in [5.74, 6) is 0.528. The first kappa shape index (κ1) is 23.0. The van der Waals surface area contributed by atoms with Crippen molar-refractivity contribution in [3.63, 3.8) is 0 Å². The third-order valence-electron chi connectivity index (χ3n) is 6.78. The average Bonchev–Trinajstić information content (AvgIpc) is 3.15. The number of carbonyl (C=O) groups excluding carboxylic acids is 2. The van der Waals surface area contributed by atoms with Crippen LogP contribution in [0.1, 0.15) is 41.3 Å².